The summed E-state index contributed by atoms with van der Waals surface area (Å²) in [5, 5.41) is 18.6. The lowest BCUT2D eigenvalue weighted by atomic mass is 9.89. The lowest BCUT2D eigenvalue weighted by Gasteiger charge is -2.15. The summed E-state index contributed by atoms with van der Waals surface area (Å²) in [7, 11) is 0. The quantitative estimate of drug-likeness (QED) is 0.829. The number of carboxylic acid groups (broad SMARTS) is 2. The fraction of sp³-hybridized carbons (Fsp3) is 0.263. The van der Waals surface area contributed by atoms with Crippen LogP contribution in [-0.2, 0) is 6.42 Å². The second-order valence-electron chi connectivity index (χ2n) is 5.53. The van der Waals surface area contributed by atoms with E-state index in [0.717, 1.165) is 36.0 Å². The van der Waals surface area contributed by atoms with Crippen molar-refractivity contribution in [3.63, 3.8) is 0 Å². The number of aryl methyl sites for hydroxylation is 1. The summed E-state index contributed by atoms with van der Waals surface area (Å²) >= 11 is 0. The molecule has 4 nitrogen and oxygen atoms in total. The van der Waals surface area contributed by atoms with E-state index in [1.807, 2.05) is 24.3 Å². The van der Waals surface area contributed by atoms with Gasteiger partial charge in [0.1, 0.15) is 0 Å². The summed E-state index contributed by atoms with van der Waals surface area (Å²) in [6.07, 6.45) is 3.04. The Morgan fingerprint density at radius 1 is 0.957 bits per heavy atom. The van der Waals surface area contributed by atoms with Gasteiger partial charge in [0.25, 0.3) is 0 Å². The summed E-state index contributed by atoms with van der Waals surface area (Å²) in [6.45, 7) is 3.79. The van der Waals surface area contributed by atoms with E-state index in [9.17, 15) is 19.8 Å². The zero-order valence-electron chi connectivity index (χ0n) is 13.3. The molecule has 0 unspecified atom stereocenters. The average Bonchev–Trinajstić information content (AvgIpc) is 2.52. The van der Waals surface area contributed by atoms with Gasteiger partial charge in [0.2, 0.25) is 0 Å². The number of carbonyl (C=O) groups is 2. The molecular weight excluding hydrogens is 292 g/mol. The molecule has 0 fully saturated rings. The van der Waals surface area contributed by atoms with E-state index in [2.05, 4.69) is 6.92 Å². The third-order valence-electron chi connectivity index (χ3n) is 4.02. The van der Waals surface area contributed by atoms with Crippen LogP contribution in [0.4, 0.5) is 0 Å². The Labute approximate surface area is 135 Å². The van der Waals surface area contributed by atoms with Crippen molar-refractivity contribution in [3.8, 4) is 11.1 Å². The lowest BCUT2D eigenvalue weighted by Crippen LogP contribution is -2.11. The van der Waals surface area contributed by atoms with Crippen LogP contribution in [-0.4, -0.2) is 22.2 Å². The minimum atomic E-state index is -1.23. The van der Waals surface area contributed by atoms with Gasteiger partial charge in [-0.15, -0.1) is 0 Å². The van der Waals surface area contributed by atoms with E-state index < -0.39 is 11.9 Å². The molecule has 0 saturated carbocycles. The Hall–Kier alpha value is -2.62. The zero-order valence-corrected chi connectivity index (χ0v) is 13.3. The first-order chi connectivity index (χ1) is 11.0. The van der Waals surface area contributed by atoms with Gasteiger partial charge in [-0.1, -0.05) is 43.7 Å². The second-order valence-corrected chi connectivity index (χ2v) is 5.53. The van der Waals surface area contributed by atoms with E-state index in [1.165, 1.54) is 6.07 Å². The van der Waals surface area contributed by atoms with Crippen LogP contribution in [0, 0.1) is 6.92 Å². The van der Waals surface area contributed by atoms with Crippen LogP contribution in [0.25, 0.3) is 11.1 Å². The topological polar surface area (TPSA) is 74.6 Å². The predicted octanol–water partition coefficient (Wildman–Crippen LogP) is 4.40. The summed E-state index contributed by atoms with van der Waals surface area (Å²) in [4.78, 5) is 22.8. The first-order valence-electron chi connectivity index (χ1n) is 7.65. The number of hydrogen-bond acceptors (Lipinski definition) is 2. The number of rotatable bonds is 6. The molecular formula is C19H20O4. The molecule has 23 heavy (non-hydrogen) atoms. The lowest BCUT2D eigenvalue weighted by molar-refractivity contribution is 0.0651. The van der Waals surface area contributed by atoms with Crippen molar-refractivity contribution in [1.29, 1.82) is 0 Å². The van der Waals surface area contributed by atoms with Gasteiger partial charge in [-0.2, -0.15) is 0 Å². The highest BCUT2D eigenvalue weighted by Gasteiger charge is 2.21. The van der Waals surface area contributed by atoms with E-state index >= 15 is 0 Å². The standard InChI is InChI=1S/C19H20O4/c1-3-4-7-13-8-5-6-9-15(13)14-10-11-16(18(20)21)17(12(14)2)19(22)23/h5-6,8-11H,3-4,7H2,1-2H3,(H,20,21)(H,22,23). The monoisotopic (exact) mass is 312 g/mol. The molecule has 0 aromatic heterocycles. The molecule has 0 aliphatic heterocycles. The first kappa shape index (κ1) is 16.7. The molecule has 0 heterocycles. The molecule has 0 spiro atoms. The largest absolute Gasteiger partial charge is 0.478 e. The van der Waals surface area contributed by atoms with Gasteiger partial charge in [-0.3, -0.25) is 0 Å². The maximum absolute atomic E-state index is 11.5. The Bertz CT molecular complexity index is 747. The van der Waals surface area contributed by atoms with Gasteiger partial charge in [0.05, 0.1) is 11.1 Å². The smallest absolute Gasteiger partial charge is 0.336 e. The van der Waals surface area contributed by atoms with Crippen LogP contribution in [0.15, 0.2) is 36.4 Å². The highest BCUT2D eigenvalue weighted by molar-refractivity contribution is 6.04. The second kappa shape index (κ2) is 7.09. The molecule has 0 saturated heterocycles. The van der Waals surface area contributed by atoms with Crippen LogP contribution in [0.5, 0.6) is 0 Å². The van der Waals surface area contributed by atoms with Crippen LogP contribution in [0.2, 0.25) is 0 Å². The average molecular weight is 312 g/mol. The molecule has 2 aromatic carbocycles. The summed E-state index contributed by atoms with van der Waals surface area (Å²) in [5.74, 6) is -2.44. The normalized spacial score (nSPS) is 10.5. The first-order valence-corrected chi connectivity index (χ1v) is 7.65. The van der Waals surface area contributed by atoms with Gasteiger partial charge in [0.15, 0.2) is 0 Å². The maximum atomic E-state index is 11.5. The molecule has 0 amide bonds. The Morgan fingerprint density at radius 3 is 2.26 bits per heavy atom. The third kappa shape index (κ3) is 3.42. The van der Waals surface area contributed by atoms with E-state index in [0.29, 0.717) is 5.56 Å². The highest BCUT2D eigenvalue weighted by atomic mass is 16.4. The Kier molecular flexibility index (Phi) is 5.16. The van der Waals surface area contributed by atoms with Crippen molar-refractivity contribution >= 4 is 11.9 Å². The third-order valence-corrected chi connectivity index (χ3v) is 4.02. The van der Waals surface area contributed by atoms with Gasteiger partial charge >= 0.3 is 11.9 Å². The molecule has 120 valence electrons. The van der Waals surface area contributed by atoms with Gasteiger partial charge in [-0.05, 0) is 48.1 Å². The van der Waals surface area contributed by atoms with Gasteiger partial charge < -0.3 is 10.2 Å². The maximum Gasteiger partial charge on any atom is 0.336 e. The molecule has 2 N–H and O–H groups in total. The molecule has 0 atom stereocenters. The molecule has 2 rings (SSSR count). The zero-order chi connectivity index (χ0) is 17.0. The molecule has 0 radical (unpaired) electrons. The molecule has 2 aromatic rings. The van der Waals surface area contributed by atoms with Crippen LogP contribution in [0.1, 0.15) is 51.6 Å². The number of hydrogen-bond donors (Lipinski definition) is 2. The van der Waals surface area contributed by atoms with Crippen molar-refractivity contribution in [2.24, 2.45) is 0 Å². The van der Waals surface area contributed by atoms with E-state index in [1.54, 1.807) is 13.0 Å². The van der Waals surface area contributed by atoms with E-state index in [-0.39, 0.29) is 11.1 Å². The predicted molar refractivity (Wildman–Crippen MR) is 89.1 cm³/mol. The highest BCUT2D eigenvalue weighted by Crippen LogP contribution is 2.31. The van der Waals surface area contributed by atoms with E-state index in [4.69, 9.17) is 0 Å². The number of benzene rings is 2. The fourth-order valence-corrected chi connectivity index (χ4v) is 2.83. The molecule has 0 bridgehead atoms. The molecule has 4 heteroatoms. The van der Waals surface area contributed by atoms with Crippen LogP contribution in [0.3, 0.4) is 0 Å². The van der Waals surface area contributed by atoms with Crippen molar-refractivity contribution in [2.45, 2.75) is 33.1 Å². The van der Waals surface area contributed by atoms with Crippen molar-refractivity contribution in [1.82, 2.24) is 0 Å². The van der Waals surface area contributed by atoms with Crippen molar-refractivity contribution < 1.29 is 19.8 Å². The number of carboxylic acids is 2. The number of aromatic carboxylic acids is 2. The summed E-state index contributed by atoms with van der Waals surface area (Å²) in [5.41, 5.74) is 3.07. The summed E-state index contributed by atoms with van der Waals surface area (Å²) < 4.78 is 0. The van der Waals surface area contributed by atoms with Crippen molar-refractivity contribution in [2.75, 3.05) is 0 Å². The van der Waals surface area contributed by atoms with Crippen LogP contribution < -0.4 is 0 Å². The fourth-order valence-electron chi connectivity index (χ4n) is 2.83. The minimum absolute atomic E-state index is 0.139. The minimum Gasteiger partial charge on any atom is -0.478 e. The number of unbranched alkanes of at least 4 members (excludes halogenated alkanes) is 1. The Balaban J connectivity index is 2.64. The Morgan fingerprint density at radius 2 is 1.65 bits per heavy atom. The molecule has 0 aliphatic carbocycles. The SMILES string of the molecule is CCCCc1ccccc1-c1ccc(C(=O)O)c(C(=O)O)c1C. The molecule has 0 aliphatic rings. The van der Waals surface area contributed by atoms with Crippen molar-refractivity contribution in [3.05, 3.63) is 58.7 Å². The summed E-state index contributed by atoms with van der Waals surface area (Å²) in [6, 6.07) is 11.0. The van der Waals surface area contributed by atoms with Gasteiger partial charge in [-0.25, -0.2) is 9.59 Å². The van der Waals surface area contributed by atoms with Crippen LogP contribution >= 0.6 is 0 Å². The van der Waals surface area contributed by atoms with Gasteiger partial charge in [0, 0.05) is 0 Å².